The number of hydrogen-bond donors (Lipinski definition) is 1. The minimum absolute atomic E-state index is 0.102. The number of nitrogens with zero attached hydrogens (tertiary/aromatic N) is 3. The van der Waals surface area contributed by atoms with Crippen molar-refractivity contribution >= 4 is 44.7 Å². The first-order chi connectivity index (χ1) is 13.2. The van der Waals surface area contributed by atoms with Crippen LogP contribution in [0.5, 0.6) is 0 Å². The summed E-state index contributed by atoms with van der Waals surface area (Å²) < 4.78 is 6.48. The zero-order chi connectivity index (χ0) is 18.4. The Kier molecular flexibility index (Phi) is 4.37. The SMILES string of the molecule is C[C@@H]1CCc2sc(-c3nnc(SCc4nc5ccsc5c(=O)[nH]4)o3)cc2C1. The van der Waals surface area contributed by atoms with Gasteiger partial charge >= 0.3 is 0 Å². The minimum Gasteiger partial charge on any atom is -0.410 e. The smallest absolute Gasteiger partial charge is 0.277 e. The summed E-state index contributed by atoms with van der Waals surface area (Å²) in [5.74, 6) is 2.39. The number of nitrogens with one attached hydrogen (secondary N) is 1. The Morgan fingerprint density at radius 3 is 3.26 bits per heavy atom. The molecule has 0 bridgehead atoms. The number of H-pyrrole nitrogens is 1. The fourth-order valence-corrected chi connectivity index (χ4v) is 5.79. The molecule has 1 atom stereocenters. The fraction of sp³-hybridized carbons (Fsp3) is 0.333. The van der Waals surface area contributed by atoms with Crippen molar-refractivity contribution in [3.05, 3.63) is 44.1 Å². The van der Waals surface area contributed by atoms with Gasteiger partial charge in [0.15, 0.2) is 0 Å². The maximum absolute atomic E-state index is 12.0. The lowest BCUT2D eigenvalue weighted by Gasteiger charge is -2.16. The summed E-state index contributed by atoms with van der Waals surface area (Å²) in [4.78, 5) is 21.8. The van der Waals surface area contributed by atoms with Gasteiger partial charge < -0.3 is 9.40 Å². The molecule has 4 aromatic rings. The van der Waals surface area contributed by atoms with Crippen molar-refractivity contribution in [1.29, 1.82) is 0 Å². The fourth-order valence-electron chi connectivity index (χ4n) is 3.30. The first kappa shape index (κ1) is 17.2. The molecule has 1 N–H and O–H groups in total. The Hall–Kier alpha value is -1.97. The molecular weight excluding hydrogens is 400 g/mol. The van der Waals surface area contributed by atoms with Gasteiger partial charge in [0.2, 0.25) is 0 Å². The van der Waals surface area contributed by atoms with Crippen molar-refractivity contribution in [2.75, 3.05) is 0 Å². The van der Waals surface area contributed by atoms with E-state index in [1.54, 1.807) is 11.3 Å². The summed E-state index contributed by atoms with van der Waals surface area (Å²) in [5.41, 5.74) is 2.05. The molecule has 0 amide bonds. The molecule has 0 unspecified atom stereocenters. The van der Waals surface area contributed by atoms with E-state index in [1.807, 2.05) is 11.4 Å². The average Bonchev–Trinajstić information content (AvgIpc) is 3.38. The number of fused-ring (bicyclic) bond motifs is 2. The van der Waals surface area contributed by atoms with Crippen molar-refractivity contribution in [3.8, 4) is 10.8 Å². The van der Waals surface area contributed by atoms with Crippen molar-refractivity contribution in [3.63, 3.8) is 0 Å². The molecule has 5 rings (SSSR count). The average molecular weight is 417 g/mol. The van der Waals surface area contributed by atoms with Crippen LogP contribution < -0.4 is 5.56 Å². The van der Waals surface area contributed by atoms with Crippen molar-refractivity contribution in [2.45, 2.75) is 37.2 Å². The summed E-state index contributed by atoms with van der Waals surface area (Å²) in [6.07, 6.45) is 3.52. The van der Waals surface area contributed by atoms with Gasteiger partial charge in [0, 0.05) is 4.88 Å². The van der Waals surface area contributed by atoms with E-state index in [1.165, 1.54) is 40.0 Å². The molecule has 1 aliphatic carbocycles. The van der Waals surface area contributed by atoms with E-state index in [9.17, 15) is 4.79 Å². The molecule has 0 aliphatic heterocycles. The van der Waals surface area contributed by atoms with Gasteiger partial charge in [-0.15, -0.1) is 32.9 Å². The number of rotatable bonds is 4. The first-order valence-electron chi connectivity index (χ1n) is 8.70. The molecule has 0 aromatic carbocycles. The molecule has 138 valence electrons. The molecule has 6 nitrogen and oxygen atoms in total. The van der Waals surface area contributed by atoms with Gasteiger partial charge in [-0.1, -0.05) is 18.7 Å². The Bertz CT molecular complexity index is 1170. The molecule has 4 heterocycles. The number of aromatic amines is 1. The second-order valence-electron chi connectivity index (χ2n) is 6.72. The van der Waals surface area contributed by atoms with E-state index in [0.29, 0.717) is 27.4 Å². The van der Waals surface area contributed by atoms with Crippen LogP contribution in [0, 0.1) is 5.92 Å². The summed E-state index contributed by atoms with van der Waals surface area (Å²) >= 11 is 4.53. The molecule has 9 heteroatoms. The van der Waals surface area contributed by atoms with Gasteiger partial charge in [-0.2, -0.15) is 0 Å². The Morgan fingerprint density at radius 1 is 1.41 bits per heavy atom. The maximum Gasteiger partial charge on any atom is 0.277 e. The van der Waals surface area contributed by atoms with Crippen LogP contribution in [0.2, 0.25) is 0 Å². The lowest BCUT2D eigenvalue weighted by molar-refractivity contribution is 0.466. The molecule has 0 spiro atoms. The van der Waals surface area contributed by atoms with Gasteiger partial charge in [0.05, 0.1) is 16.1 Å². The number of thiophene rings is 2. The highest BCUT2D eigenvalue weighted by Gasteiger charge is 2.21. The molecule has 4 aromatic heterocycles. The molecule has 1 aliphatic rings. The van der Waals surface area contributed by atoms with Crippen LogP contribution in [0.3, 0.4) is 0 Å². The number of thioether (sulfide) groups is 1. The van der Waals surface area contributed by atoms with E-state index in [0.717, 1.165) is 29.2 Å². The molecule has 27 heavy (non-hydrogen) atoms. The summed E-state index contributed by atoms with van der Waals surface area (Å²) in [7, 11) is 0. The highest BCUT2D eigenvalue weighted by Crippen LogP contribution is 2.37. The Labute approximate surface area is 167 Å². The highest BCUT2D eigenvalue weighted by atomic mass is 32.2. The minimum atomic E-state index is -0.102. The topological polar surface area (TPSA) is 84.7 Å². The standard InChI is InChI=1S/C18H16N4O2S3/c1-9-2-3-12-10(6-9)7-13(27-12)17-21-22-18(24-17)26-8-14-19-11-4-5-25-15(11)16(23)20-14/h4-5,7,9H,2-3,6,8H2,1H3,(H,19,20,23)/t9-/m1/s1. The predicted octanol–water partition coefficient (Wildman–Crippen LogP) is 4.51. The maximum atomic E-state index is 12.0. The zero-order valence-corrected chi connectivity index (χ0v) is 17.0. The largest absolute Gasteiger partial charge is 0.410 e. The summed E-state index contributed by atoms with van der Waals surface area (Å²) in [5, 5.41) is 10.7. The second kappa shape index (κ2) is 6.88. The van der Waals surface area contributed by atoms with Gasteiger partial charge in [-0.25, -0.2) is 4.98 Å². The van der Waals surface area contributed by atoms with E-state index in [2.05, 4.69) is 33.2 Å². The highest BCUT2D eigenvalue weighted by molar-refractivity contribution is 7.98. The molecule has 0 saturated heterocycles. The van der Waals surface area contributed by atoms with Crippen LogP contribution >= 0.6 is 34.4 Å². The first-order valence-corrected chi connectivity index (χ1v) is 11.4. The summed E-state index contributed by atoms with van der Waals surface area (Å²) in [6.45, 7) is 2.30. The quantitative estimate of drug-likeness (QED) is 0.493. The van der Waals surface area contributed by atoms with E-state index in [-0.39, 0.29) is 5.56 Å². The molecular formula is C18H16N4O2S3. The van der Waals surface area contributed by atoms with E-state index < -0.39 is 0 Å². The number of aromatic nitrogens is 4. The third-order valence-corrected chi connectivity index (χ3v) is 7.60. The molecule has 0 radical (unpaired) electrons. The lowest BCUT2D eigenvalue weighted by Crippen LogP contribution is -2.09. The van der Waals surface area contributed by atoms with Gasteiger partial charge in [-0.05, 0) is 48.3 Å². The van der Waals surface area contributed by atoms with Crippen LogP contribution in [0.15, 0.2) is 31.9 Å². The third-order valence-electron chi connectivity index (χ3n) is 4.64. The van der Waals surface area contributed by atoms with Crippen molar-refractivity contribution < 1.29 is 4.42 Å². The van der Waals surface area contributed by atoms with Crippen molar-refractivity contribution in [1.82, 2.24) is 20.2 Å². The third kappa shape index (κ3) is 3.35. The van der Waals surface area contributed by atoms with Gasteiger partial charge in [-0.3, -0.25) is 4.79 Å². The van der Waals surface area contributed by atoms with Crippen LogP contribution in [-0.2, 0) is 18.6 Å². The van der Waals surface area contributed by atoms with Crippen molar-refractivity contribution in [2.24, 2.45) is 5.92 Å². The predicted molar refractivity (Wildman–Crippen MR) is 109 cm³/mol. The van der Waals surface area contributed by atoms with Gasteiger partial charge in [0.25, 0.3) is 16.7 Å². The van der Waals surface area contributed by atoms with Crippen LogP contribution in [0.25, 0.3) is 21.0 Å². The van der Waals surface area contributed by atoms with Gasteiger partial charge in [0.1, 0.15) is 10.5 Å². The Morgan fingerprint density at radius 2 is 2.33 bits per heavy atom. The van der Waals surface area contributed by atoms with E-state index >= 15 is 0 Å². The van der Waals surface area contributed by atoms with Crippen LogP contribution in [-0.4, -0.2) is 20.2 Å². The zero-order valence-electron chi connectivity index (χ0n) is 14.5. The number of hydrogen-bond acceptors (Lipinski definition) is 8. The normalized spacial score (nSPS) is 16.7. The lowest BCUT2D eigenvalue weighted by atomic mass is 9.90. The van der Waals surface area contributed by atoms with Crippen LogP contribution in [0.4, 0.5) is 0 Å². The monoisotopic (exact) mass is 416 g/mol. The number of aryl methyl sites for hydroxylation is 1. The Balaban J connectivity index is 1.33. The van der Waals surface area contributed by atoms with Crippen LogP contribution in [0.1, 0.15) is 29.6 Å². The summed E-state index contributed by atoms with van der Waals surface area (Å²) in [6, 6.07) is 4.05. The molecule has 0 fully saturated rings. The molecule has 0 saturated carbocycles. The van der Waals surface area contributed by atoms with E-state index in [4.69, 9.17) is 4.42 Å². The second-order valence-corrected chi connectivity index (χ2v) is 9.70.